The molecule has 160 valence electrons. The second kappa shape index (κ2) is 13.5. The number of rotatable bonds is 8. The van der Waals surface area contributed by atoms with Gasteiger partial charge in [-0.1, -0.05) is 0 Å². The summed E-state index contributed by atoms with van der Waals surface area (Å²) >= 11 is 0. The van der Waals surface area contributed by atoms with Crippen molar-refractivity contribution in [1.29, 1.82) is 0 Å². The summed E-state index contributed by atoms with van der Waals surface area (Å²) in [6, 6.07) is -1.71. The summed E-state index contributed by atoms with van der Waals surface area (Å²) < 4.78 is 15.0. The summed E-state index contributed by atoms with van der Waals surface area (Å²) in [5, 5.41) is 30.4. The van der Waals surface area contributed by atoms with E-state index in [1.54, 1.807) is 14.7 Å². The predicted octanol–water partition coefficient (Wildman–Crippen LogP) is -2.22. The zero-order valence-corrected chi connectivity index (χ0v) is 16.4. The highest BCUT2D eigenvalue weighted by Crippen LogP contribution is 2.05. The highest BCUT2D eigenvalue weighted by Gasteiger charge is 2.19. The summed E-state index contributed by atoms with van der Waals surface area (Å²) in [7, 11) is -0.706. The van der Waals surface area contributed by atoms with E-state index in [-0.39, 0.29) is 19.6 Å². The van der Waals surface area contributed by atoms with Crippen LogP contribution in [0.3, 0.4) is 0 Å². The predicted molar refractivity (Wildman–Crippen MR) is 97.2 cm³/mol. The van der Waals surface area contributed by atoms with Gasteiger partial charge in [-0.15, -0.1) is 0 Å². The Bertz CT molecular complexity index is 538. The van der Waals surface area contributed by atoms with Gasteiger partial charge in [0.05, 0.1) is 19.6 Å². The van der Waals surface area contributed by atoms with Gasteiger partial charge < -0.3 is 25.4 Å². The number of carbonyl (C=O) groups excluding carboxylic acids is 1. The molecule has 1 saturated heterocycles. The molecule has 4 N–H and O–H groups in total. The van der Waals surface area contributed by atoms with Crippen LogP contribution in [0, 0.1) is 0 Å². The van der Waals surface area contributed by atoms with Gasteiger partial charge in [-0.3, -0.25) is 33.6 Å². The number of aliphatic hydroxyl groups is 1. The Hall–Kier alpha value is -1.69. The van der Waals surface area contributed by atoms with Gasteiger partial charge in [-0.25, -0.2) is 0 Å². The average Bonchev–Trinajstić information content (AvgIpc) is 2.60. The van der Waals surface area contributed by atoms with E-state index in [9.17, 15) is 18.9 Å². The van der Waals surface area contributed by atoms with E-state index in [4.69, 9.17) is 15.3 Å². The topological polar surface area (TPSA) is 160 Å². The van der Waals surface area contributed by atoms with Crippen LogP contribution in [0.1, 0.15) is 0 Å². The van der Waals surface area contributed by atoms with Gasteiger partial charge in [0.1, 0.15) is 0 Å². The van der Waals surface area contributed by atoms with Crippen molar-refractivity contribution in [2.75, 3.05) is 72.0 Å². The van der Waals surface area contributed by atoms with Crippen LogP contribution in [0.2, 0.25) is 0 Å². The van der Waals surface area contributed by atoms with E-state index in [0.717, 1.165) is 0 Å². The van der Waals surface area contributed by atoms with E-state index < -0.39 is 32.4 Å². The second-order valence-corrected chi connectivity index (χ2v) is 6.94. The maximum Gasteiger partial charge on any atom is 0.323 e. The zero-order chi connectivity index (χ0) is 20.9. The molecule has 0 amide bonds. The molecule has 1 atom stereocenters. The van der Waals surface area contributed by atoms with Crippen LogP contribution >= 0.6 is 8.46 Å². The second-order valence-electron chi connectivity index (χ2n) is 6.29. The van der Waals surface area contributed by atoms with E-state index in [2.05, 4.69) is 10.1 Å². The molecular weight excluding hydrogens is 395 g/mol. The lowest BCUT2D eigenvalue weighted by atomic mass is 10.3. The zero-order valence-electron chi connectivity index (χ0n) is 15.5. The Morgan fingerprint density at radius 1 is 0.857 bits per heavy atom. The molecular formula is C15H27N4O8P. The maximum atomic E-state index is 11.8. The molecule has 1 rings (SSSR count). The molecule has 0 aromatic carbocycles. The number of aliphatic carboxylic acids is 2. The first-order valence-electron chi connectivity index (χ1n) is 8.81. The SMILES string of the molecule is O=PC(O)OC(=O)CN1CCNCCN(CC(=O)O)CCN(CC(=O)O)CC1. The van der Waals surface area contributed by atoms with Gasteiger partial charge in [0.15, 0.2) is 0 Å². The molecule has 0 saturated carbocycles. The van der Waals surface area contributed by atoms with Crippen molar-refractivity contribution in [3.8, 4) is 0 Å². The number of carboxylic acids is 2. The molecule has 13 heteroatoms. The fourth-order valence-electron chi connectivity index (χ4n) is 2.72. The molecule has 1 aliphatic rings. The van der Waals surface area contributed by atoms with Gasteiger partial charge in [0, 0.05) is 52.4 Å². The third-order valence-electron chi connectivity index (χ3n) is 4.07. The van der Waals surface area contributed by atoms with E-state index >= 15 is 0 Å². The molecule has 28 heavy (non-hydrogen) atoms. The van der Waals surface area contributed by atoms with Gasteiger partial charge in [-0.05, 0) is 0 Å². The standard InChI is InChI=1S/C15H27N4O8P/c20-12(21)9-17-3-1-16-2-4-18(11-14(24)27-15(25)28-26)6-8-19(7-5-17)10-13(22)23/h15-16,25H,1-11H2,(H,20,21)(H,22,23). The summed E-state index contributed by atoms with van der Waals surface area (Å²) in [4.78, 5) is 39.1. The van der Waals surface area contributed by atoms with Crippen LogP contribution in [0.5, 0.6) is 0 Å². The van der Waals surface area contributed by atoms with Crippen LogP contribution in [0.15, 0.2) is 0 Å². The van der Waals surface area contributed by atoms with Crippen LogP contribution < -0.4 is 5.32 Å². The molecule has 0 radical (unpaired) electrons. The number of hydrogen-bond donors (Lipinski definition) is 4. The molecule has 0 bridgehead atoms. The summed E-state index contributed by atoms with van der Waals surface area (Å²) in [5.41, 5.74) is 0. The first-order chi connectivity index (χ1) is 13.3. The third-order valence-corrected chi connectivity index (χ3v) is 4.36. The molecule has 1 fully saturated rings. The lowest BCUT2D eigenvalue weighted by molar-refractivity contribution is -0.157. The van der Waals surface area contributed by atoms with Crippen molar-refractivity contribution < 1.29 is 39.0 Å². The first-order valence-corrected chi connectivity index (χ1v) is 9.69. The smallest absolute Gasteiger partial charge is 0.323 e. The maximum absolute atomic E-state index is 11.8. The lowest BCUT2D eigenvalue weighted by Gasteiger charge is -2.30. The molecule has 0 aliphatic carbocycles. The number of carbonyl (C=O) groups is 3. The Labute approximate surface area is 164 Å². The first kappa shape index (κ1) is 24.3. The molecule has 1 aliphatic heterocycles. The van der Waals surface area contributed by atoms with E-state index in [1.165, 1.54) is 0 Å². The highest BCUT2D eigenvalue weighted by molar-refractivity contribution is 7.24. The number of hydrogen-bond acceptors (Lipinski definition) is 10. The largest absolute Gasteiger partial charge is 0.480 e. The fraction of sp³-hybridized carbons (Fsp3) is 0.800. The van der Waals surface area contributed by atoms with Crippen LogP contribution in [-0.4, -0.2) is 126 Å². The Balaban J connectivity index is 2.70. The van der Waals surface area contributed by atoms with Crippen molar-refractivity contribution in [2.45, 2.75) is 6.03 Å². The van der Waals surface area contributed by atoms with Crippen molar-refractivity contribution in [3.05, 3.63) is 0 Å². The van der Waals surface area contributed by atoms with E-state index in [1.807, 2.05) is 0 Å². The van der Waals surface area contributed by atoms with Crippen molar-refractivity contribution >= 4 is 26.4 Å². The number of carboxylic acid groups (broad SMARTS) is 2. The van der Waals surface area contributed by atoms with Gasteiger partial charge in [0.2, 0.25) is 8.46 Å². The van der Waals surface area contributed by atoms with Crippen molar-refractivity contribution in [3.63, 3.8) is 0 Å². The third kappa shape index (κ3) is 11.2. The number of esters is 1. The summed E-state index contributed by atoms with van der Waals surface area (Å²) in [6.07, 6.45) is 0. The molecule has 0 aromatic rings. The molecule has 0 aromatic heterocycles. The van der Waals surface area contributed by atoms with Crippen molar-refractivity contribution in [1.82, 2.24) is 20.0 Å². The minimum absolute atomic E-state index is 0.123. The van der Waals surface area contributed by atoms with Crippen molar-refractivity contribution in [2.24, 2.45) is 0 Å². The monoisotopic (exact) mass is 422 g/mol. The highest BCUT2D eigenvalue weighted by atomic mass is 31.1. The quantitative estimate of drug-likeness (QED) is 0.190. The number of nitrogens with zero attached hydrogens (tertiary/aromatic N) is 3. The summed E-state index contributed by atoms with van der Waals surface area (Å²) in [5.74, 6) is -2.68. The van der Waals surface area contributed by atoms with Gasteiger partial charge >= 0.3 is 17.9 Å². The van der Waals surface area contributed by atoms with Gasteiger partial charge in [-0.2, -0.15) is 0 Å². The Kier molecular flexibility index (Phi) is 11.7. The van der Waals surface area contributed by atoms with Crippen LogP contribution in [0.25, 0.3) is 0 Å². The molecule has 1 unspecified atom stereocenters. The molecule has 0 spiro atoms. The average molecular weight is 422 g/mol. The van der Waals surface area contributed by atoms with Gasteiger partial charge in [0.25, 0.3) is 6.03 Å². The molecule has 1 heterocycles. The minimum atomic E-state index is -1.71. The fourth-order valence-corrected chi connectivity index (χ4v) is 2.88. The number of aliphatic hydroxyl groups excluding tert-OH is 1. The molecule has 12 nitrogen and oxygen atoms in total. The Morgan fingerprint density at radius 3 is 1.71 bits per heavy atom. The number of ether oxygens (including phenoxy) is 1. The summed E-state index contributed by atoms with van der Waals surface area (Å²) in [6.45, 7) is 3.03. The normalized spacial score (nSPS) is 20.0. The minimum Gasteiger partial charge on any atom is -0.480 e. The van der Waals surface area contributed by atoms with Crippen LogP contribution in [0.4, 0.5) is 0 Å². The lowest BCUT2D eigenvalue weighted by Crippen LogP contribution is -2.47. The van der Waals surface area contributed by atoms with E-state index in [0.29, 0.717) is 52.4 Å². The van der Waals surface area contributed by atoms with Crippen LogP contribution in [-0.2, 0) is 23.7 Å². The Morgan fingerprint density at radius 2 is 1.29 bits per heavy atom. The number of nitrogens with one attached hydrogen (secondary N) is 1.